The number of benzene rings is 2. The molecule has 0 unspecified atom stereocenters. The van der Waals surface area contributed by atoms with Gasteiger partial charge in [0.1, 0.15) is 5.82 Å². The zero-order chi connectivity index (χ0) is 30.1. The standard InChI is InChI=1S/C31H29ClF2N4O4/c1-17-4-3-5-26(38-13-11-19(15-27(38)39)28-23(33)9-8-22(32)29(28)34)25-14-18(10-12-35-25)21-7-6-20(37(2)31(41)42)16-24(21)36-30(17)40/h6-10,12,14-17,26H,3-5,11,13H2,1-2H3,(H,36,40)(H,41,42)/t17-,26-/m1/s1. The van der Waals surface area contributed by atoms with E-state index in [1.54, 1.807) is 35.4 Å². The summed E-state index contributed by atoms with van der Waals surface area (Å²) in [6, 6.07) is 10.4. The van der Waals surface area contributed by atoms with Crippen molar-refractivity contribution in [2.24, 2.45) is 5.92 Å². The van der Waals surface area contributed by atoms with Crippen LogP contribution in [0.25, 0.3) is 16.7 Å². The molecule has 3 aromatic rings. The number of hydrogen-bond donors (Lipinski definition) is 2. The fourth-order valence-corrected chi connectivity index (χ4v) is 5.61. The van der Waals surface area contributed by atoms with E-state index in [2.05, 4.69) is 10.3 Å². The molecule has 2 aliphatic rings. The quantitative estimate of drug-likeness (QED) is 0.321. The van der Waals surface area contributed by atoms with Gasteiger partial charge in [-0.15, -0.1) is 0 Å². The van der Waals surface area contributed by atoms with Crippen molar-refractivity contribution in [3.8, 4) is 11.1 Å². The maximum Gasteiger partial charge on any atom is 0.411 e. The number of carbonyl (C=O) groups excluding carboxylic acids is 2. The van der Waals surface area contributed by atoms with Crippen LogP contribution in [0.3, 0.4) is 0 Å². The van der Waals surface area contributed by atoms with E-state index in [-0.39, 0.29) is 40.9 Å². The summed E-state index contributed by atoms with van der Waals surface area (Å²) in [4.78, 5) is 45.4. The second-order valence-corrected chi connectivity index (χ2v) is 11.0. The number of anilines is 2. The number of fused-ring (bicyclic) bond motifs is 4. The van der Waals surface area contributed by atoms with Crippen LogP contribution in [0.15, 0.2) is 54.7 Å². The predicted octanol–water partition coefficient (Wildman–Crippen LogP) is 6.91. The van der Waals surface area contributed by atoms with Crippen LogP contribution in [0.1, 0.15) is 49.9 Å². The first-order valence-corrected chi connectivity index (χ1v) is 14.0. The summed E-state index contributed by atoms with van der Waals surface area (Å²) in [6.07, 6.45) is 3.64. The second kappa shape index (κ2) is 11.9. The molecule has 0 fully saturated rings. The molecule has 3 amide bonds. The van der Waals surface area contributed by atoms with Gasteiger partial charge in [0.2, 0.25) is 11.8 Å². The van der Waals surface area contributed by atoms with Gasteiger partial charge in [-0.05, 0) is 66.8 Å². The highest BCUT2D eigenvalue weighted by Gasteiger charge is 2.31. The maximum absolute atomic E-state index is 14.7. The molecule has 0 saturated heterocycles. The Morgan fingerprint density at radius 1 is 1.14 bits per heavy atom. The average Bonchev–Trinajstić information content (AvgIpc) is 2.97. The number of nitrogens with one attached hydrogen (secondary N) is 1. The van der Waals surface area contributed by atoms with Crippen molar-refractivity contribution in [2.45, 2.75) is 38.6 Å². The molecule has 2 atom stereocenters. The molecule has 2 bridgehead atoms. The molecule has 8 nitrogen and oxygen atoms in total. The van der Waals surface area contributed by atoms with E-state index in [4.69, 9.17) is 11.6 Å². The van der Waals surface area contributed by atoms with Gasteiger partial charge in [0.15, 0.2) is 5.82 Å². The van der Waals surface area contributed by atoms with Gasteiger partial charge in [-0.25, -0.2) is 13.6 Å². The molecule has 5 rings (SSSR count). The van der Waals surface area contributed by atoms with E-state index in [9.17, 15) is 28.3 Å². The molecule has 11 heteroatoms. The minimum Gasteiger partial charge on any atom is -0.465 e. The van der Waals surface area contributed by atoms with Crippen molar-refractivity contribution in [3.63, 3.8) is 0 Å². The smallest absolute Gasteiger partial charge is 0.411 e. The van der Waals surface area contributed by atoms with Crippen LogP contribution in [-0.2, 0) is 9.59 Å². The van der Waals surface area contributed by atoms with Gasteiger partial charge in [0, 0.05) is 43.0 Å². The molecule has 0 spiro atoms. The van der Waals surface area contributed by atoms with Crippen LogP contribution >= 0.6 is 11.6 Å². The largest absolute Gasteiger partial charge is 0.465 e. The Kier molecular flexibility index (Phi) is 8.27. The molecule has 1 aromatic heterocycles. The van der Waals surface area contributed by atoms with Gasteiger partial charge in [-0.1, -0.05) is 31.0 Å². The third kappa shape index (κ3) is 5.72. The number of aromatic nitrogens is 1. The van der Waals surface area contributed by atoms with E-state index in [1.807, 2.05) is 13.0 Å². The molecule has 2 aliphatic heterocycles. The molecular formula is C31H29ClF2N4O4. The Labute approximate surface area is 246 Å². The number of hydrogen-bond acceptors (Lipinski definition) is 4. The third-order valence-electron chi connectivity index (χ3n) is 7.88. The van der Waals surface area contributed by atoms with Crippen LogP contribution in [0.2, 0.25) is 5.02 Å². The molecule has 3 heterocycles. The van der Waals surface area contributed by atoms with Crippen molar-refractivity contribution in [1.82, 2.24) is 9.88 Å². The summed E-state index contributed by atoms with van der Waals surface area (Å²) in [5.41, 5.74) is 2.82. The number of carbonyl (C=O) groups is 3. The molecule has 0 aliphatic carbocycles. The zero-order valence-electron chi connectivity index (χ0n) is 23.0. The number of pyridine rings is 1. The molecule has 2 N–H and O–H groups in total. The van der Waals surface area contributed by atoms with Crippen LogP contribution in [0.4, 0.5) is 25.0 Å². The Hall–Kier alpha value is -4.31. The van der Waals surface area contributed by atoms with Crippen molar-refractivity contribution in [2.75, 3.05) is 23.8 Å². The van der Waals surface area contributed by atoms with Gasteiger partial charge < -0.3 is 15.3 Å². The average molecular weight is 595 g/mol. The van der Waals surface area contributed by atoms with Crippen molar-refractivity contribution in [1.29, 1.82) is 0 Å². The first-order chi connectivity index (χ1) is 20.0. The van der Waals surface area contributed by atoms with Crippen LogP contribution in [0, 0.1) is 17.6 Å². The van der Waals surface area contributed by atoms with Gasteiger partial charge in [-0.3, -0.25) is 19.5 Å². The number of nitrogens with zero attached hydrogens (tertiary/aromatic N) is 3. The van der Waals surface area contributed by atoms with Crippen LogP contribution in [-0.4, -0.2) is 46.5 Å². The SMILES string of the molecule is C[C@@H]1CCC[C@@H](N2CCC(c3c(F)ccc(Cl)c3F)=CC2=O)c2cc(ccn2)-c2ccc(N(C)C(=O)O)cc2NC1=O. The third-order valence-corrected chi connectivity index (χ3v) is 8.17. The summed E-state index contributed by atoms with van der Waals surface area (Å²) in [5, 5.41) is 12.2. The van der Waals surface area contributed by atoms with E-state index in [0.29, 0.717) is 41.9 Å². The Morgan fingerprint density at radius 3 is 2.67 bits per heavy atom. The lowest BCUT2D eigenvalue weighted by atomic mass is 9.92. The highest BCUT2D eigenvalue weighted by Crippen LogP contribution is 2.38. The Morgan fingerprint density at radius 2 is 1.93 bits per heavy atom. The van der Waals surface area contributed by atoms with Crippen molar-refractivity contribution >= 4 is 46.5 Å². The minimum absolute atomic E-state index is 0.204. The van der Waals surface area contributed by atoms with Crippen LogP contribution < -0.4 is 10.2 Å². The fourth-order valence-electron chi connectivity index (χ4n) is 5.46. The Bertz CT molecular complexity index is 1610. The number of amides is 3. The predicted molar refractivity (Wildman–Crippen MR) is 156 cm³/mol. The molecule has 0 saturated carbocycles. The normalized spacial score (nSPS) is 19.2. The first-order valence-electron chi connectivity index (χ1n) is 13.6. The van der Waals surface area contributed by atoms with E-state index < -0.39 is 29.7 Å². The lowest BCUT2D eigenvalue weighted by molar-refractivity contribution is -0.129. The summed E-state index contributed by atoms with van der Waals surface area (Å²) in [6.45, 7) is 2.03. The fraction of sp³-hybridized carbons (Fsp3) is 0.290. The molecule has 218 valence electrons. The molecular weight excluding hydrogens is 566 g/mol. The maximum atomic E-state index is 14.7. The number of rotatable bonds is 3. The topological polar surface area (TPSA) is 103 Å². The summed E-state index contributed by atoms with van der Waals surface area (Å²) in [7, 11) is 1.42. The monoisotopic (exact) mass is 594 g/mol. The molecule has 0 radical (unpaired) electrons. The van der Waals surface area contributed by atoms with E-state index in [0.717, 1.165) is 22.6 Å². The van der Waals surface area contributed by atoms with Gasteiger partial charge in [0.05, 0.1) is 28.0 Å². The number of halogens is 3. The van der Waals surface area contributed by atoms with Gasteiger partial charge in [0.25, 0.3) is 0 Å². The minimum atomic E-state index is -1.14. The Balaban J connectivity index is 1.54. The van der Waals surface area contributed by atoms with Gasteiger partial charge >= 0.3 is 6.09 Å². The van der Waals surface area contributed by atoms with Crippen molar-refractivity contribution in [3.05, 3.63) is 82.7 Å². The van der Waals surface area contributed by atoms with E-state index in [1.165, 1.54) is 13.1 Å². The summed E-state index contributed by atoms with van der Waals surface area (Å²) in [5.74, 6) is -2.64. The zero-order valence-corrected chi connectivity index (χ0v) is 23.8. The second-order valence-electron chi connectivity index (χ2n) is 10.5. The van der Waals surface area contributed by atoms with Gasteiger partial charge in [-0.2, -0.15) is 0 Å². The van der Waals surface area contributed by atoms with Crippen LogP contribution in [0.5, 0.6) is 0 Å². The summed E-state index contributed by atoms with van der Waals surface area (Å²) >= 11 is 5.88. The summed E-state index contributed by atoms with van der Waals surface area (Å²) < 4.78 is 29.3. The highest BCUT2D eigenvalue weighted by atomic mass is 35.5. The lowest BCUT2D eigenvalue weighted by Gasteiger charge is -2.34. The molecule has 2 aromatic carbocycles. The molecule has 42 heavy (non-hydrogen) atoms. The highest BCUT2D eigenvalue weighted by molar-refractivity contribution is 6.31. The number of carboxylic acid groups (broad SMARTS) is 1. The van der Waals surface area contributed by atoms with Crippen molar-refractivity contribution < 1.29 is 28.3 Å². The first kappa shape index (κ1) is 29.2. The van der Waals surface area contributed by atoms with E-state index >= 15 is 0 Å². The lowest BCUT2D eigenvalue weighted by Crippen LogP contribution is -2.38.